The number of hydrogen-bond donors (Lipinski definition) is 1. The molecule has 154 valence electrons. The van der Waals surface area contributed by atoms with Crippen molar-refractivity contribution in [3.8, 4) is 0 Å². The molecule has 0 bridgehead atoms. The molecular weight excluding hydrogens is 451 g/mol. The average Bonchev–Trinajstić information content (AvgIpc) is 3.33. The van der Waals surface area contributed by atoms with E-state index in [-0.39, 0.29) is 24.8 Å². The maximum atomic E-state index is 14.5. The zero-order chi connectivity index (χ0) is 21.3. The fraction of sp³-hybridized carbons (Fsp3) is 0.227. The molecule has 0 saturated carbocycles. The van der Waals surface area contributed by atoms with Crippen molar-refractivity contribution < 1.29 is 14.0 Å². The van der Waals surface area contributed by atoms with Crippen molar-refractivity contribution in [1.82, 2.24) is 14.9 Å². The van der Waals surface area contributed by atoms with Crippen molar-refractivity contribution in [3.63, 3.8) is 0 Å². The van der Waals surface area contributed by atoms with E-state index in [0.717, 1.165) is 10.2 Å². The van der Waals surface area contributed by atoms with Gasteiger partial charge < -0.3 is 14.8 Å². The van der Waals surface area contributed by atoms with Crippen molar-refractivity contribution >= 4 is 33.4 Å². The second-order valence-corrected chi connectivity index (χ2v) is 8.07. The van der Waals surface area contributed by atoms with Gasteiger partial charge in [0.25, 0.3) is 0 Å². The molecular formula is C22H20BrFN4O2. The number of anilines is 1. The van der Waals surface area contributed by atoms with Gasteiger partial charge in [-0.15, -0.1) is 0 Å². The number of nitrogens with one attached hydrogen (secondary N) is 1. The van der Waals surface area contributed by atoms with Crippen LogP contribution in [0.2, 0.25) is 0 Å². The van der Waals surface area contributed by atoms with E-state index in [2.05, 4.69) is 26.2 Å². The number of benzene rings is 2. The van der Waals surface area contributed by atoms with Gasteiger partial charge in [-0.1, -0.05) is 30.3 Å². The molecule has 2 heterocycles. The number of nitrogens with zero attached hydrogens (tertiary/aromatic N) is 3. The van der Waals surface area contributed by atoms with Gasteiger partial charge in [-0.2, -0.15) is 0 Å². The van der Waals surface area contributed by atoms with Crippen LogP contribution >= 0.6 is 15.9 Å². The number of aromatic nitrogens is 2. The van der Waals surface area contributed by atoms with Gasteiger partial charge in [0.05, 0.1) is 11.6 Å². The van der Waals surface area contributed by atoms with E-state index in [4.69, 9.17) is 0 Å². The monoisotopic (exact) mass is 470 g/mol. The minimum Gasteiger partial charge on any atom is -0.342 e. The average molecular weight is 471 g/mol. The fourth-order valence-corrected chi connectivity index (χ4v) is 4.19. The third-order valence-electron chi connectivity index (χ3n) is 5.26. The summed E-state index contributed by atoms with van der Waals surface area (Å²) in [6.07, 6.45) is 3.43. The van der Waals surface area contributed by atoms with E-state index in [1.54, 1.807) is 47.1 Å². The normalized spacial score (nSPS) is 17.2. The molecule has 30 heavy (non-hydrogen) atoms. The molecule has 1 saturated heterocycles. The Morgan fingerprint density at radius 3 is 2.67 bits per heavy atom. The molecule has 2 unspecified atom stereocenters. The molecule has 1 N–H and O–H groups in total. The molecule has 1 aromatic heterocycles. The molecule has 6 nitrogen and oxygen atoms in total. The molecule has 0 radical (unpaired) electrons. The Bertz CT molecular complexity index is 1100. The lowest BCUT2D eigenvalue weighted by Gasteiger charge is -2.22. The van der Waals surface area contributed by atoms with Crippen LogP contribution in [0.15, 0.2) is 65.4 Å². The Morgan fingerprint density at radius 1 is 1.23 bits per heavy atom. The van der Waals surface area contributed by atoms with E-state index in [1.807, 2.05) is 24.3 Å². The molecule has 2 atom stereocenters. The van der Waals surface area contributed by atoms with Gasteiger partial charge in [0, 0.05) is 42.4 Å². The second-order valence-electron chi connectivity index (χ2n) is 7.22. The predicted molar refractivity (Wildman–Crippen MR) is 114 cm³/mol. The van der Waals surface area contributed by atoms with Crippen molar-refractivity contribution in [2.45, 2.75) is 12.5 Å². The van der Waals surface area contributed by atoms with Crippen LogP contribution in [0.25, 0.3) is 0 Å². The summed E-state index contributed by atoms with van der Waals surface area (Å²) in [5.74, 6) is -0.890. The molecule has 0 spiro atoms. The molecule has 2 amide bonds. The van der Waals surface area contributed by atoms with Gasteiger partial charge in [0.2, 0.25) is 11.8 Å². The fourth-order valence-electron chi connectivity index (χ4n) is 3.69. The molecule has 8 heteroatoms. The number of para-hydroxylation sites is 1. The minimum atomic E-state index is -0.758. The first-order chi connectivity index (χ1) is 14.5. The van der Waals surface area contributed by atoms with Crippen LogP contribution < -0.4 is 10.2 Å². The highest BCUT2D eigenvalue weighted by Crippen LogP contribution is 2.32. The van der Waals surface area contributed by atoms with E-state index >= 15 is 0 Å². The smallest absolute Gasteiger partial charge is 0.227 e. The Kier molecular flexibility index (Phi) is 5.67. The Balaban J connectivity index is 1.58. The largest absolute Gasteiger partial charge is 0.342 e. The van der Waals surface area contributed by atoms with Gasteiger partial charge in [-0.05, 0) is 34.1 Å². The van der Waals surface area contributed by atoms with Crippen LogP contribution in [-0.2, 0) is 16.6 Å². The first kappa shape index (κ1) is 20.3. The third kappa shape index (κ3) is 3.87. The second kappa shape index (κ2) is 8.39. The van der Waals surface area contributed by atoms with Crippen molar-refractivity contribution in [2.75, 3.05) is 11.4 Å². The van der Waals surface area contributed by atoms with Crippen LogP contribution in [0.3, 0.4) is 0 Å². The number of aryl methyl sites for hydroxylation is 1. The summed E-state index contributed by atoms with van der Waals surface area (Å²) < 4.78 is 17.1. The van der Waals surface area contributed by atoms with Crippen LogP contribution in [-0.4, -0.2) is 27.9 Å². The summed E-state index contributed by atoms with van der Waals surface area (Å²) in [5.41, 5.74) is 1.06. The zero-order valence-corrected chi connectivity index (χ0v) is 17.8. The van der Waals surface area contributed by atoms with E-state index in [0.29, 0.717) is 11.4 Å². The summed E-state index contributed by atoms with van der Waals surface area (Å²) >= 11 is 3.46. The first-order valence-electron chi connectivity index (χ1n) is 9.52. The van der Waals surface area contributed by atoms with Gasteiger partial charge >= 0.3 is 0 Å². The lowest BCUT2D eigenvalue weighted by Crippen LogP contribution is -2.37. The topological polar surface area (TPSA) is 67.2 Å². The van der Waals surface area contributed by atoms with Crippen LogP contribution in [0, 0.1) is 11.7 Å². The van der Waals surface area contributed by atoms with Crippen LogP contribution in [0.1, 0.15) is 23.9 Å². The van der Waals surface area contributed by atoms with Gasteiger partial charge in [-0.3, -0.25) is 9.59 Å². The Morgan fingerprint density at radius 2 is 1.97 bits per heavy atom. The standard InChI is InChI=1S/C22H20BrFN4O2/c1-27-11-10-25-21(27)20(15-6-2-4-8-17(15)24)26-22(30)14-12-19(29)28(13-14)18-9-5-3-7-16(18)23/h2-11,14,20H,12-13H2,1H3,(H,26,30). The zero-order valence-electron chi connectivity index (χ0n) is 16.3. The lowest BCUT2D eigenvalue weighted by atomic mass is 10.0. The summed E-state index contributed by atoms with van der Waals surface area (Å²) in [4.78, 5) is 31.6. The summed E-state index contributed by atoms with van der Waals surface area (Å²) in [6, 6.07) is 12.9. The first-order valence-corrected chi connectivity index (χ1v) is 10.3. The maximum absolute atomic E-state index is 14.5. The molecule has 2 aromatic carbocycles. The van der Waals surface area contributed by atoms with Crippen LogP contribution in [0.4, 0.5) is 10.1 Å². The van der Waals surface area contributed by atoms with Gasteiger partial charge in [-0.25, -0.2) is 9.37 Å². The number of amides is 2. The highest BCUT2D eigenvalue weighted by atomic mass is 79.9. The molecule has 1 aliphatic heterocycles. The quantitative estimate of drug-likeness (QED) is 0.619. The van der Waals surface area contributed by atoms with E-state index < -0.39 is 17.8 Å². The number of hydrogen-bond acceptors (Lipinski definition) is 3. The molecule has 1 fully saturated rings. The number of carbonyl (C=O) groups excluding carboxylic acids is 2. The molecule has 4 rings (SSSR count). The molecule has 3 aromatic rings. The third-order valence-corrected chi connectivity index (χ3v) is 5.93. The summed E-state index contributed by atoms with van der Waals surface area (Å²) in [5, 5.41) is 2.91. The van der Waals surface area contributed by atoms with Gasteiger partial charge in [0.1, 0.15) is 17.7 Å². The number of carbonyl (C=O) groups is 2. The van der Waals surface area contributed by atoms with Gasteiger partial charge in [0.15, 0.2) is 0 Å². The molecule has 1 aliphatic rings. The maximum Gasteiger partial charge on any atom is 0.227 e. The minimum absolute atomic E-state index is 0.0950. The van der Waals surface area contributed by atoms with E-state index in [9.17, 15) is 14.0 Å². The van der Waals surface area contributed by atoms with Crippen molar-refractivity contribution in [3.05, 3.63) is 82.6 Å². The van der Waals surface area contributed by atoms with E-state index in [1.165, 1.54) is 6.07 Å². The highest BCUT2D eigenvalue weighted by molar-refractivity contribution is 9.10. The molecule has 0 aliphatic carbocycles. The SMILES string of the molecule is Cn1ccnc1C(NC(=O)C1CC(=O)N(c2ccccc2Br)C1)c1ccccc1F. The van der Waals surface area contributed by atoms with Crippen molar-refractivity contribution in [2.24, 2.45) is 13.0 Å². The lowest BCUT2D eigenvalue weighted by molar-refractivity contribution is -0.126. The number of rotatable bonds is 5. The Hall–Kier alpha value is -3.00. The predicted octanol–water partition coefficient (Wildman–Crippen LogP) is 3.58. The van der Waals surface area contributed by atoms with Crippen LogP contribution in [0.5, 0.6) is 0 Å². The highest BCUT2D eigenvalue weighted by Gasteiger charge is 2.37. The van der Waals surface area contributed by atoms with Crippen molar-refractivity contribution in [1.29, 1.82) is 0 Å². The number of imidazole rings is 1. The summed E-state index contributed by atoms with van der Waals surface area (Å²) in [7, 11) is 1.79. The summed E-state index contributed by atoms with van der Waals surface area (Å²) in [6.45, 7) is 0.262. The number of halogens is 2. The Labute approximate surface area is 181 Å².